The van der Waals surface area contributed by atoms with Crippen LogP contribution in [0.15, 0.2) is 30.6 Å². The number of nitrogens with zero attached hydrogens (tertiary/aromatic N) is 4. The van der Waals surface area contributed by atoms with Crippen molar-refractivity contribution in [3.63, 3.8) is 0 Å². The first kappa shape index (κ1) is 15.7. The number of thiophene rings is 1. The molecule has 0 saturated carbocycles. The fraction of sp³-hybridized carbons (Fsp3) is 0.316. The molecule has 0 aliphatic carbocycles. The van der Waals surface area contributed by atoms with E-state index in [9.17, 15) is 0 Å². The molecule has 1 atom stereocenters. The van der Waals surface area contributed by atoms with Crippen molar-refractivity contribution in [1.82, 2.24) is 19.6 Å². The quantitative estimate of drug-likeness (QED) is 0.601. The average Bonchev–Trinajstić information content (AvgIpc) is 3.20. The van der Waals surface area contributed by atoms with E-state index in [1.807, 2.05) is 24.3 Å². The van der Waals surface area contributed by atoms with Gasteiger partial charge in [-0.15, -0.1) is 16.4 Å². The van der Waals surface area contributed by atoms with E-state index in [0.717, 1.165) is 35.7 Å². The molecular weight excluding hydrogens is 346 g/mol. The van der Waals surface area contributed by atoms with Crippen molar-refractivity contribution in [2.75, 3.05) is 13.6 Å². The van der Waals surface area contributed by atoms with Crippen LogP contribution in [-0.4, -0.2) is 33.2 Å². The molecule has 4 heterocycles. The summed E-state index contributed by atoms with van der Waals surface area (Å²) in [5, 5.41) is 5.73. The van der Waals surface area contributed by atoms with Gasteiger partial charge in [-0.2, -0.15) is 0 Å². The third kappa shape index (κ3) is 2.64. The molecule has 0 bridgehead atoms. The molecule has 3 aromatic heterocycles. The zero-order valence-corrected chi connectivity index (χ0v) is 15.6. The van der Waals surface area contributed by atoms with E-state index < -0.39 is 0 Å². The van der Waals surface area contributed by atoms with Crippen molar-refractivity contribution in [2.24, 2.45) is 0 Å². The normalized spacial score (nSPS) is 16.9. The number of quaternary nitrogens is 1. The van der Waals surface area contributed by atoms with E-state index in [1.54, 1.807) is 27.1 Å². The fourth-order valence-electron chi connectivity index (χ4n) is 3.50. The van der Waals surface area contributed by atoms with Crippen LogP contribution in [0.1, 0.15) is 21.8 Å². The second kappa shape index (κ2) is 6.03. The Labute approximate surface area is 155 Å². The van der Waals surface area contributed by atoms with Crippen LogP contribution in [-0.2, 0) is 19.6 Å². The summed E-state index contributed by atoms with van der Waals surface area (Å²) in [4.78, 5) is 13.4. The van der Waals surface area contributed by atoms with Crippen molar-refractivity contribution in [2.45, 2.75) is 26.5 Å². The van der Waals surface area contributed by atoms with E-state index in [0.29, 0.717) is 12.4 Å². The Bertz CT molecular complexity index is 1100. The van der Waals surface area contributed by atoms with E-state index in [2.05, 4.69) is 24.1 Å². The van der Waals surface area contributed by atoms with Crippen LogP contribution >= 0.6 is 11.3 Å². The highest BCUT2D eigenvalue weighted by Gasteiger charge is 2.24. The smallest absolute Gasteiger partial charge is 0.189 e. The van der Waals surface area contributed by atoms with Gasteiger partial charge in [0.05, 0.1) is 23.9 Å². The highest BCUT2D eigenvalue weighted by molar-refractivity contribution is 7.19. The zero-order chi connectivity index (χ0) is 17.7. The molecule has 1 aromatic carbocycles. The fourth-order valence-corrected chi connectivity index (χ4v) is 4.79. The number of benzene rings is 1. The van der Waals surface area contributed by atoms with Crippen molar-refractivity contribution < 1.29 is 9.64 Å². The van der Waals surface area contributed by atoms with Crippen molar-refractivity contribution in [3.05, 3.63) is 52.4 Å². The highest BCUT2D eigenvalue weighted by Crippen LogP contribution is 2.33. The number of hydrogen-bond donors (Lipinski definition) is 1. The lowest BCUT2D eigenvalue weighted by molar-refractivity contribution is -0.895. The predicted molar refractivity (Wildman–Crippen MR) is 101 cm³/mol. The average molecular weight is 366 g/mol. The number of ether oxygens (including phenoxy) is 1. The van der Waals surface area contributed by atoms with Gasteiger partial charge < -0.3 is 9.64 Å². The van der Waals surface area contributed by atoms with Crippen molar-refractivity contribution >= 4 is 27.2 Å². The maximum atomic E-state index is 5.84. The Morgan fingerprint density at radius 3 is 2.96 bits per heavy atom. The monoisotopic (exact) mass is 366 g/mol. The molecule has 4 aromatic rings. The van der Waals surface area contributed by atoms with Gasteiger partial charge in [0.2, 0.25) is 0 Å². The Morgan fingerprint density at radius 2 is 2.12 bits per heavy atom. The summed E-state index contributed by atoms with van der Waals surface area (Å²) < 4.78 is 7.62. The molecule has 7 heteroatoms. The SMILES string of the molecule is Cc1ccc(OCc2nc3c4c5c(sc4ncn3n2)C[NH+](C)CC5)cc1. The molecule has 1 aliphatic rings. The lowest BCUT2D eigenvalue weighted by atomic mass is 10.1. The molecule has 0 saturated heterocycles. The minimum atomic E-state index is 0.353. The predicted octanol–water partition coefficient (Wildman–Crippen LogP) is 1.80. The molecule has 6 nitrogen and oxygen atoms in total. The zero-order valence-electron chi connectivity index (χ0n) is 14.8. The van der Waals surface area contributed by atoms with Gasteiger partial charge in [-0.05, 0) is 24.6 Å². The summed E-state index contributed by atoms with van der Waals surface area (Å²) >= 11 is 1.79. The molecular formula is C19H20N5OS+. The van der Waals surface area contributed by atoms with Gasteiger partial charge in [-0.1, -0.05) is 17.7 Å². The number of rotatable bonds is 3. The second-order valence-corrected chi connectivity index (χ2v) is 8.04. The van der Waals surface area contributed by atoms with Gasteiger partial charge in [0, 0.05) is 6.42 Å². The summed E-state index contributed by atoms with van der Waals surface area (Å²) in [5.74, 6) is 1.51. The lowest BCUT2D eigenvalue weighted by Crippen LogP contribution is -3.08. The van der Waals surface area contributed by atoms with Crippen molar-refractivity contribution in [1.29, 1.82) is 0 Å². The first-order valence-electron chi connectivity index (χ1n) is 8.82. The van der Waals surface area contributed by atoms with Crippen LogP contribution in [0, 0.1) is 6.92 Å². The number of aryl methyl sites for hydroxylation is 1. The Balaban J connectivity index is 1.50. The van der Waals surface area contributed by atoms with Crippen LogP contribution in [0.3, 0.4) is 0 Å². The maximum absolute atomic E-state index is 5.84. The topological polar surface area (TPSA) is 56.8 Å². The number of hydrogen-bond acceptors (Lipinski definition) is 5. The molecule has 1 N–H and O–H groups in total. The summed E-state index contributed by atoms with van der Waals surface area (Å²) in [7, 11) is 2.24. The van der Waals surface area contributed by atoms with Crippen LogP contribution in [0.25, 0.3) is 15.9 Å². The first-order valence-corrected chi connectivity index (χ1v) is 9.64. The minimum Gasteiger partial charge on any atom is -0.486 e. The molecule has 0 spiro atoms. The largest absolute Gasteiger partial charge is 0.486 e. The van der Waals surface area contributed by atoms with Crippen LogP contribution in [0.4, 0.5) is 0 Å². The molecule has 132 valence electrons. The van der Waals surface area contributed by atoms with E-state index in [1.165, 1.54) is 21.4 Å². The van der Waals surface area contributed by atoms with E-state index in [-0.39, 0.29) is 0 Å². The van der Waals surface area contributed by atoms with E-state index >= 15 is 0 Å². The molecule has 0 radical (unpaired) electrons. The third-order valence-corrected chi connectivity index (χ3v) is 6.05. The molecule has 1 unspecified atom stereocenters. The maximum Gasteiger partial charge on any atom is 0.189 e. The second-order valence-electron chi connectivity index (χ2n) is 6.96. The molecule has 1 aliphatic heterocycles. The van der Waals surface area contributed by atoms with Crippen LogP contribution in [0.5, 0.6) is 5.75 Å². The third-order valence-electron chi connectivity index (χ3n) is 4.91. The van der Waals surface area contributed by atoms with Crippen LogP contribution in [0.2, 0.25) is 0 Å². The summed E-state index contributed by atoms with van der Waals surface area (Å²) in [6.07, 6.45) is 2.84. The number of likely N-dealkylation sites (N-methyl/N-ethyl adjacent to an activating group) is 1. The molecule has 0 fully saturated rings. The molecule has 0 amide bonds. The number of aromatic nitrogens is 4. The Hall–Kier alpha value is -2.51. The Morgan fingerprint density at radius 1 is 1.27 bits per heavy atom. The summed E-state index contributed by atoms with van der Waals surface area (Å²) in [5.41, 5.74) is 3.52. The molecule has 5 rings (SSSR count). The van der Waals surface area contributed by atoms with Crippen molar-refractivity contribution in [3.8, 4) is 5.75 Å². The number of nitrogens with one attached hydrogen (secondary N) is 1. The standard InChI is InChI=1S/C19H19N5OS/c1-12-3-5-13(6-4-12)25-10-16-21-18-17-14-7-8-23(2)9-15(14)26-19(17)20-11-24(18)22-16/h3-6,11H,7-10H2,1-2H3/p+1. The van der Waals surface area contributed by atoms with Crippen LogP contribution < -0.4 is 9.64 Å². The van der Waals surface area contributed by atoms with Gasteiger partial charge in [0.15, 0.2) is 11.5 Å². The van der Waals surface area contributed by atoms with Gasteiger partial charge >= 0.3 is 0 Å². The van der Waals surface area contributed by atoms with Gasteiger partial charge in [-0.25, -0.2) is 14.5 Å². The molecule has 26 heavy (non-hydrogen) atoms. The summed E-state index contributed by atoms with van der Waals surface area (Å²) in [6.45, 7) is 4.63. The summed E-state index contributed by atoms with van der Waals surface area (Å²) in [6, 6.07) is 8.02. The van der Waals surface area contributed by atoms with Gasteiger partial charge in [0.25, 0.3) is 0 Å². The lowest BCUT2D eigenvalue weighted by Gasteiger charge is -2.19. The highest BCUT2D eigenvalue weighted by atomic mass is 32.1. The Kier molecular flexibility index (Phi) is 3.65. The number of fused-ring (bicyclic) bond motifs is 5. The minimum absolute atomic E-state index is 0.353. The van der Waals surface area contributed by atoms with Gasteiger partial charge in [0.1, 0.15) is 30.1 Å². The van der Waals surface area contributed by atoms with Gasteiger partial charge in [-0.3, -0.25) is 0 Å². The van der Waals surface area contributed by atoms with E-state index in [4.69, 9.17) is 9.72 Å². The first-order chi connectivity index (χ1) is 12.7.